The lowest BCUT2D eigenvalue weighted by molar-refractivity contribution is 0.989. The fourth-order valence-corrected chi connectivity index (χ4v) is 7.50. The van der Waals surface area contributed by atoms with E-state index < -0.39 is 0 Å². The van der Waals surface area contributed by atoms with E-state index in [1.54, 1.807) is 18.2 Å². The molecule has 2 aliphatic rings. The molecule has 7 rings (SSSR count). The molecule has 0 spiro atoms. The molecule has 5 aromatic rings. The first kappa shape index (κ1) is 42.2. The van der Waals surface area contributed by atoms with E-state index in [0.717, 1.165) is 37.8 Å². The van der Waals surface area contributed by atoms with Gasteiger partial charge >= 0.3 is 0 Å². The van der Waals surface area contributed by atoms with Gasteiger partial charge in [-0.2, -0.15) is 0 Å². The van der Waals surface area contributed by atoms with Crippen LogP contribution < -0.4 is 5.73 Å². The van der Waals surface area contributed by atoms with Crippen LogP contribution in [-0.2, 0) is 19.3 Å². The highest BCUT2D eigenvalue weighted by atomic mass is 32.1. The number of allylic oxidation sites excluding steroid dienone is 8. The number of hydrogen-bond acceptors (Lipinski definition) is 3. The molecular formula is C50H58N2S. The van der Waals surface area contributed by atoms with E-state index in [4.69, 9.17) is 11.1 Å². The molecule has 1 aromatic heterocycles. The van der Waals surface area contributed by atoms with E-state index in [1.807, 2.05) is 63.3 Å². The van der Waals surface area contributed by atoms with Crippen LogP contribution in [0.2, 0.25) is 0 Å². The maximum Gasteiger partial charge on any atom is 0.0358 e. The molecule has 0 amide bonds. The first-order valence-electron chi connectivity index (χ1n) is 18.9. The molecule has 0 bridgehead atoms. The van der Waals surface area contributed by atoms with Crippen molar-refractivity contribution < 1.29 is 0 Å². The second-order valence-electron chi connectivity index (χ2n) is 12.5. The van der Waals surface area contributed by atoms with Gasteiger partial charge in [-0.15, -0.1) is 11.3 Å². The first-order chi connectivity index (χ1) is 25.9. The molecule has 0 atom stereocenters. The molecule has 4 aromatic carbocycles. The third-order valence-corrected chi connectivity index (χ3v) is 9.86. The van der Waals surface area contributed by atoms with E-state index in [2.05, 4.69) is 118 Å². The first-order valence-corrected chi connectivity index (χ1v) is 19.7. The Morgan fingerprint density at radius 3 is 2.25 bits per heavy atom. The number of hydrogen-bond donors (Lipinski definition) is 2. The maximum absolute atomic E-state index is 6.83. The molecule has 0 saturated heterocycles. The van der Waals surface area contributed by atoms with Crippen LogP contribution in [-0.4, -0.2) is 6.21 Å². The fourth-order valence-electron chi connectivity index (χ4n) is 6.29. The number of nitrogens with one attached hydrogen (secondary N) is 1. The van der Waals surface area contributed by atoms with Crippen LogP contribution in [0.3, 0.4) is 0 Å². The van der Waals surface area contributed by atoms with Crippen molar-refractivity contribution in [1.29, 1.82) is 5.41 Å². The molecule has 1 heterocycles. The molecule has 3 N–H and O–H groups in total. The van der Waals surface area contributed by atoms with Gasteiger partial charge in [-0.05, 0) is 139 Å². The fraction of sp³-hybridized carbons (Fsp3) is 0.220. The summed E-state index contributed by atoms with van der Waals surface area (Å²) in [5, 5.41) is 8.27. The van der Waals surface area contributed by atoms with Gasteiger partial charge in [0.1, 0.15) is 0 Å². The number of aryl methyl sites for hydroxylation is 3. The van der Waals surface area contributed by atoms with Crippen molar-refractivity contribution in [2.24, 2.45) is 0 Å². The molecule has 0 aliphatic heterocycles. The van der Waals surface area contributed by atoms with Crippen molar-refractivity contribution >= 4 is 51.1 Å². The Morgan fingerprint density at radius 1 is 0.811 bits per heavy atom. The van der Waals surface area contributed by atoms with E-state index in [1.165, 1.54) is 76.8 Å². The highest BCUT2D eigenvalue weighted by molar-refractivity contribution is 7.19. The molecule has 2 aliphatic carbocycles. The van der Waals surface area contributed by atoms with Gasteiger partial charge in [0.2, 0.25) is 0 Å². The lowest BCUT2D eigenvalue weighted by atomic mass is 9.89. The van der Waals surface area contributed by atoms with E-state index in [0.29, 0.717) is 0 Å². The van der Waals surface area contributed by atoms with Gasteiger partial charge in [0, 0.05) is 26.9 Å². The molecule has 274 valence electrons. The number of benzene rings is 4. The number of fused-ring (bicyclic) bond motifs is 4. The van der Waals surface area contributed by atoms with E-state index in [9.17, 15) is 0 Å². The highest BCUT2D eigenvalue weighted by Crippen LogP contribution is 2.42. The summed E-state index contributed by atoms with van der Waals surface area (Å²) < 4.78 is 1.43. The average Bonchev–Trinajstić information content (AvgIpc) is 3.55. The SMILES string of the molecule is C=CC=C.CC.CC.CC(=C/C=C\C=N)Cc1ccccc1.Cc1cc(N)cc(-c2cccc(C3=Cc4c(sc5cc6c(cc45)CCC=C6)CC3)c2)c1. The van der Waals surface area contributed by atoms with Crippen molar-refractivity contribution in [3.8, 4) is 11.1 Å². The molecule has 0 radical (unpaired) electrons. The predicted molar refractivity (Wildman–Crippen MR) is 241 cm³/mol. The predicted octanol–water partition coefficient (Wildman–Crippen LogP) is 14.7. The van der Waals surface area contributed by atoms with Gasteiger partial charge < -0.3 is 11.1 Å². The Labute approximate surface area is 324 Å². The van der Waals surface area contributed by atoms with Gasteiger partial charge in [-0.25, -0.2) is 0 Å². The monoisotopic (exact) mass is 718 g/mol. The van der Waals surface area contributed by atoms with Crippen molar-refractivity contribution in [3.05, 3.63) is 178 Å². The van der Waals surface area contributed by atoms with Crippen LogP contribution in [0.25, 0.3) is 38.9 Å². The number of nitrogens with two attached hydrogens (primary N) is 1. The minimum atomic E-state index is 0.824. The summed E-state index contributed by atoms with van der Waals surface area (Å²) in [4.78, 5) is 1.53. The summed E-state index contributed by atoms with van der Waals surface area (Å²) in [6.07, 6.45) is 22.8. The largest absolute Gasteiger partial charge is 0.399 e. The van der Waals surface area contributed by atoms with Crippen molar-refractivity contribution in [3.63, 3.8) is 0 Å². The third-order valence-electron chi connectivity index (χ3n) is 8.63. The molecule has 0 unspecified atom stereocenters. The van der Waals surface area contributed by atoms with Crippen LogP contribution in [0, 0.1) is 12.3 Å². The number of nitrogen functional groups attached to an aromatic ring is 1. The summed E-state index contributed by atoms with van der Waals surface area (Å²) in [5.41, 5.74) is 20.3. The molecule has 0 fully saturated rings. The van der Waals surface area contributed by atoms with Crippen LogP contribution in [0.4, 0.5) is 5.69 Å². The summed E-state index contributed by atoms with van der Waals surface area (Å²) in [5.74, 6) is 0. The summed E-state index contributed by atoms with van der Waals surface area (Å²) in [6.45, 7) is 18.9. The second kappa shape index (κ2) is 22.6. The maximum atomic E-state index is 6.83. The van der Waals surface area contributed by atoms with Gasteiger partial charge in [0.05, 0.1) is 0 Å². The quantitative estimate of drug-likeness (QED) is 0.0982. The topological polar surface area (TPSA) is 49.9 Å². The zero-order chi connectivity index (χ0) is 38.6. The molecule has 3 heteroatoms. The Bertz CT molecular complexity index is 2040. The Kier molecular flexibility index (Phi) is 18.0. The smallest absolute Gasteiger partial charge is 0.0358 e. The van der Waals surface area contributed by atoms with Crippen molar-refractivity contribution in [1.82, 2.24) is 0 Å². The Morgan fingerprint density at radius 2 is 1.55 bits per heavy atom. The van der Waals surface area contributed by atoms with Crippen LogP contribution in [0.15, 0.2) is 140 Å². The van der Waals surface area contributed by atoms with Crippen LogP contribution in [0.5, 0.6) is 0 Å². The number of thiophene rings is 1. The summed E-state index contributed by atoms with van der Waals surface area (Å²) in [6, 6.07) is 30.5. The van der Waals surface area contributed by atoms with Crippen LogP contribution >= 0.6 is 11.3 Å². The Balaban J connectivity index is 0.000000288. The van der Waals surface area contributed by atoms with Gasteiger partial charge in [0.15, 0.2) is 0 Å². The lowest BCUT2D eigenvalue weighted by Crippen LogP contribution is -1.97. The highest BCUT2D eigenvalue weighted by Gasteiger charge is 2.19. The van der Waals surface area contributed by atoms with E-state index >= 15 is 0 Å². The van der Waals surface area contributed by atoms with E-state index in [-0.39, 0.29) is 0 Å². The second-order valence-corrected chi connectivity index (χ2v) is 13.6. The van der Waals surface area contributed by atoms with Crippen LogP contribution in [0.1, 0.15) is 85.7 Å². The van der Waals surface area contributed by atoms with Gasteiger partial charge in [-0.1, -0.05) is 137 Å². The molecule has 2 nitrogen and oxygen atoms in total. The zero-order valence-electron chi connectivity index (χ0n) is 32.7. The van der Waals surface area contributed by atoms with Crippen molar-refractivity contribution in [2.75, 3.05) is 5.73 Å². The average molecular weight is 719 g/mol. The normalized spacial score (nSPS) is 12.5. The minimum absolute atomic E-state index is 0.824. The van der Waals surface area contributed by atoms with Gasteiger partial charge in [-0.3, -0.25) is 0 Å². The lowest BCUT2D eigenvalue weighted by Gasteiger charge is -2.16. The number of rotatable bonds is 7. The third kappa shape index (κ3) is 12.4. The Hall–Kier alpha value is -5.25. The zero-order valence-corrected chi connectivity index (χ0v) is 33.5. The number of anilines is 1. The summed E-state index contributed by atoms with van der Waals surface area (Å²) >= 11 is 1.98. The van der Waals surface area contributed by atoms with Gasteiger partial charge in [0.25, 0.3) is 0 Å². The molecule has 53 heavy (non-hydrogen) atoms. The standard InChI is InChI=1S/C29H25NS.C13H15N.C4H6.2C2H6/c1-18-11-24(14-25(30)12-18)20-8-4-7-19(13-20)23-9-10-28-26(16-23)27-15-21-5-2-3-6-22(21)17-29(27)31-28;1-12(7-5-6-10-14)11-13-8-3-2-4-9-13;1-3-4-2;2*1-2/h3-4,6-8,11-17H,2,5,9-10,30H2,1H3;2-10,14H,11H2,1H3;3-4H,1-2H2;2*1-2H3/b;6-5-,12-7?,14-10?;;;. The summed E-state index contributed by atoms with van der Waals surface area (Å²) in [7, 11) is 0. The molecular weight excluding hydrogens is 661 g/mol. The minimum Gasteiger partial charge on any atom is -0.399 e. The molecule has 0 saturated carbocycles. The van der Waals surface area contributed by atoms with Crippen molar-refractivity contribution in [2.45, 2.75) is 73.6 Å².